The maximum Gasteiger partial charge on any atom is 0.338 e. The van der Waals surface area contributed by atoms with Gasteiger partial charge in [-0.05, 0) is 62.9 Å². The van der Waals surface area contributed by atoms with Crippen molar-refractivity contribution in [2.45, 2.75) is 53.0 Å². The van der Waals surface area contributed by atoms with Crippen molar-refractivity contribution in [2.24, 2.45) is 0 Å². The quantitative estimate of drug-likeness (QED) is 0.471. The molecule has 0 bridgehead atoms. The summed E-state index contributed by atoms with van der Waals surface area (Å²) in [6.45, 7) is 6.09. The van der Waals surface area contributed by atoms with Gasteiger partial charge in [-0.3, -0.25) is 14.2 Å². The molecule has 0 fully saturated rings. The molecule has 2 aromatic carbocycles. The molecule has 1 aliphatic rings. The van der Waals surface area contributed by atoms with Crippen LogP contribution in [-0.2, 0) is 17.7 Å². The Bertz CT molecular complexity index is 1230. The third-order valence-corrected chi connectivity index (χ3v) is 5.84. The number of hydrogen-bond donors (Lipinski definition) is 0. The number of ketones is 1. The number of Topliss-reactive ketones (excluding diaryl/α,β-unsaturated/α-hetero) is 1. The molecular weight excluding hydrogens is 392 g/mol. The highest BCUT2D eigenvalue weighted by Crippen LogP contribution is 2.19. The molecule has 3 aromatic rings. The Kier molecular flexibility index (Phi) is 5.72. The molecule has 4 rings (SSSR count). The number of fused-ring (bicyclic) bond motifs is 2. The molecule has 0 aliphatic carbocycles. The fourth-order valence-electron chi connectivity index (χ4n) is 4.45. The molecule has 160 valence electrons. The van der Waals surface area contributed by atoms with E-state index in [0.717, 1.165) is 48.2 Å². The number of aromatic nitrogens is 2. The van der Waals surface area contributed by atoms with Crippen LogP contribution >= 0.6 is 0 Å². The van der Waals surface area contributed by atoms with Crippen molar-refractivity contribution in [1.29, 1.82) is 0 Å². The van der Waals surface area contributed by atoms with Gasteiger partial charge in [-0.25, -0.2) is 9.78 Å². The second-order valence-corrected chi connectivity index (χ2v) is 8.30. The Labute approximate surface area is 180 Å². The fraction of sp³-hybridized carbons (Fsp3) is 0.360. The number of ether oxygens (including phenoxy) is 1. The average molecular weight is 418 g/mol. The summed E-state index contributed by atoms with van der Waals surface area (Å²) in [5, 5.41) is 0.490. The van der Waals surface area contributed by atoms with Crippen molar-refractivity contribution in [3.63, 3.8) is 0 Å². The number of nitrogens with zero attached hydrogens (tertiary/aromatic N) is 2. The Morgan fingerprint density at radius 2 is 1.77 bits per heavy atom. The van der Waals surface area contributed by atoms with Gasteiger partial charge in [0.15, 0.2) is 6.61 Å². The first-order valence-corrected chi connectivity index (χ1v) is 10.7. The van der Waals surface area contributed by atoms with E-state index in [-0.39, 0.29) is 23.5 Å². The van der Waals surface area contributed by atoms with Crippen LogP contribution in [0.15, 0.2) is 35.1 Å². The van der Waals surface area contributed by atoms with Gasteiger partial charge in [-0.2, -0.15) is 0 Å². The number of aryl methyl sites for hydroxylation is 4. The van der Waals surface area contributed by atoms with Gasteiger partial charge in [0, 0.05) is 18.5 Å². The van der Waals surface area contributed by atoms with E-state index in [1.54, 1.807) is 22.8 Å². The smallest absolute Gasteiger partial charge is 0.338 e. The van der Waals surface area contributed by atoms with Gasteiger partial charge in [0.25, 0.3) is 5.56 Å². The standard InChI is InChI=1S/C25H26N2O4/c1-15-11-16(2)23(17(3)12-15)21(28)14-31-25(30)18-8-9-19-20(13-18)26-22-7-5-4-6-10-27(22)24(19)29/h8-9,11-13H,4-7,10,14H2,1-3H3. The number of carbonyl (C=O) groups is 2. The highest BCUT2D eigenvalue weighted by molar-refractivity contribution is 6.02. The molecule has 31 heavy (non-hydrogen) atoms. The van der Waals surface area contributed by atoms with E-state index in [0.29, 0.717) is 23.0 Å². The van der Waals surface area contributed by atoms with Crippen LogP contribution in [0.5, 0.6) is 0 Å². The summed E-state index contributed by atoms with van der Waals surface area (Å²) in [5.41, 5.74) is 4.12. The summed E-state index contributed by atoms with van der Waals surface area (Å²) in [4.78, 5) is 42.7. The van der Waals surface area contributed by atoms with Crippen LogP contribution in [0.2, 0.25) is 0 Å². The molecule has 0 saturated heterocycles. The molecule has 0 unspecified atom stereocenters. The number of hydrogen-bond acceptors (Lipinski definition) is 5. The van der Waals surface area contributed by atoms with Crippen LogP contribution in [-0.4, -0.2) is 27.9 Å². The molecule has 1 aliphatic heterocycles. The Morgan fingerprint density at radius 3 is 2.52 bits per heavy atom. The van der Waals surface area contributed by atoms with Gasteiger partial charge >= 0.3 is 5.97 Å². The SMILES string of the molecule is Cc1cc(C)c(C(=O)COC(=O)c2ccc3c(=O)n4c(nc3c2)CCCCC4)c(C)c1. The maximum absolute atomic E-state index is 12.8. The summed E-state index contributed by atoms with van der Waals surface area (Å²) >= 11 is 0. The van der Waals surface area contributed by atoms with E-state index in [2.05, 4.69) is 4.98 Å². The van der Waals surface area contributed by atoms with Crippen LogP contribution in [0.4, 0.5) is 0 Å². The van der Waals surface area contributed by atoms with Crippen LogP contribution in [0.1, 0.15) is 62.5 Å². The van der Waals surface area contributed by atoms with Crippen LogP contribution < -0.4 is 5.56 Å². The van der Waals surface area contributed by atoms with E-state index >= 15 is 0 Å². The highest BCUT2D eigenvalue weighted by atomic mass is 16.5. The minimum absolute atomic E-state index is 0.0673. The molecule has 6 nitrogen and oxygen atoms in total. The molecule has 1 aromatic heterocycles. The molecule has 2 heterocycles. The van der Waals surface area contributed by atoms with Gasteiger partial charge < -0.3 is 4.74 Å². The summed E-state index contributed by atoms with van der Waals surface area (Å²) in [6.07, 6.45) is 3.80. The molecular formula is C25H26N2O4. The normalized spacial score (nSPS) is 13.5. The molecule has 0 radical (unpaired) electrons. The molecule has 0 amide bonds. The van der Waals surface area contributed by atoms with Gasteiger partial charge in [-0.15, -0.1) is 0 Å². The molecule has 6 heteroatoms. The number of rotatable bonds is 4. The number of benzene rings is 2. The predicted octanol–water partition coefficient (Wildman–Crippen LogP) is 4.09. The minimum atomic E-state index is -0.602. The number of esters is 1. The Hall–Kier alpha value is -3.28. The average Bonchev–Trinajstić information content (AvgIpc) is 2.96. The fourth-order valence-corrected chi connectivity index (χ4v) is 4.45. The lowest BCUT2D eigenvalue weighted by atomic mass is 9.97. The van der Waals surface area contributed by atoms with Crippen molar-refractivity contribution in [3.05, 3.63) is 74.3 Å². The highest BCUT2D eigenvalue weighted by Gasteiger charge is 2.18. The van der Waals surface area contributed by atoms with E-state index in [1.165, 1.54) is 0 Å². The second-order valence-electron chi connectivity index (χ2n) is 8.30. The first kappa shape index (κ1) is 21.0. The largest absolute Gasteiger partial charge is 0.454 e. The zero-order valence-corrected chi connectivity index (χ0v) is 18.2. The first-order valence-electron chi connectivity index (χ1n) is 10.7. The zero-order chi connectivity index (χ0) is 22.1. The lowest BCUT2D eigenvalue weighted by molar-refractivity contribution is 0.0474. The van der Waals surface area contributed by atoms with Gasteiger partial charge in [0.05, 0.1) is 16.5 Å². The second kappa shape index (κ2) is 8.46. The molecule has 0 N–H and O–H groups in total. The lowest BCUT2D eigenvalue weighted by Gasteiger charge is -2.12. The summed E-state index contributed by atoms with van der Waals surface area (Å²) in [6, 6.07) is 8.65. The summed E-state index contributed by atoms with van der Waals surface area (Å²) < 4.78 is 7.04. The predicted molar refractivity (Wildman–Crippen MR) is 119 cm³/mol. The van der Waals surface area contributed by atoms with E-state index in [9.17, 15) is 14.4 Å². The molecule has 0 spiro atoms. The minimum Gasteiger partial charge on any atom is -0.454 e. The van der Waals surface area contributed by atoms with Crippen molar-refractivity contribution in [2.75, 3.05) is 6.61 Å². The molecule has 0 atom stereocenters. The third-order valence-electron chi connectivity index (χ3n) is 5.84. The van der Waals surface area contributed by atoms with Gasteiger partial charge in [-0.1, -0.05) is 24.1 Å². The molecule has 0 saturated carbocycles. The first-order chi connectivity index (χ1) is 14.8. The lowest BCUT2D eigenvalue weighted by Crippen LogP contribution is -2.24. The van der Waals surface area contributed by atoms with Gasteiger partial charge in [0.2, 0.25) is 5.78 Å². The number of carbonyl (C=O) groups excluding carboxylic acids is 2. The van der Waals surface area contributed by atoms with Crippen molar-refractivity contribution < 1.29 is 14.3 Å². The third kappa shape index (κ3) is 4.15. The van der Waals surface area contributed by atoms with Crippen molar-refractivity contribution in [3.8, 4) is 0 Å². The van der Waals surface area contributed by atoms with E-state index in [4.69, 9.17) is 4.74 Å². The summed E-state index contributed by atoms with van der Waals surface area (Å²) in [5.74, 6) is -0.0682. The van der Waals surface area contributed by atoms with Crippen LogP contribution in [0.25, 0.3) is 10.9 Å². The maximum atomic E-state index is 12.8. The van der Waals surface area contributed by atoms with Crippen molar-refractivity contribution in [1.82, 2.24) is 9.55 Å². The van der Waals surface area contributed by atoms with E-state index < -0.39 is 5.97 Å². The van der Waals surface area contributed by atoms with Crippen molar-refractivity contribution >= 4 is 22.7 Å². The Balaban J connectivity index is 1.56. The summed E-state index contributed by atoms with van der Waals surface area (Å²) in [7, 11) is 0. The zero-order valence-electron chi connectivity index (χ0n) is 18.2. The van der Waals surface area contributed by atoms with Gasteiger partial charge in [0.1, 0.15) is 5.82 Å². The van der Waals surface area contributed by atoms with Crippen LogP contribution in [0.3, 0.4) is 0 Å². The van der Waals surface area contributed by atoms with E-state index in [1.807, 2.05) is 32.9 Å². The topological polar surface area (TPSA) is 78.3 Å². The van der Waals surface area contributed by atoms with Crippen LogP contribution in [0, 0.1) is 20.8 Å². The monoisotopic (exact) mass is 418 g/mol. The Morgan fingerprint density at radius 1 is 1.03 bits per heavy atom.